The number of amides is 1. The maximum absolute atomic E-state index is 11.0. The molecule has 0 fully saturated rings. The molecule has 0 spiro atoms. The van der Waals surface area contributed by atoms with Crippen molar-refractivity contribution in [3.8, 4) is 0 Å². The van der Waals surface area contributed by atoms with E-state index < -0.39 is 0 Å². The summed E-state index contributed by atoms with van der Waals surface area (Å²) in [6.45, 7) is 1.44. The van der Waals surface area contributed by atoms with Crippen molar-refractivity contribution in [1.82, 2.24) is 5.43 Å². The Labute approximate surface area is 112 Å². The standard InChI is InChI=1S/C15H16N2O2/c1-12(18)16-17-14(11-15-8-5-9-19-15)10-13-6-3-2-4-7-13/h2-9H,10-11H2,1H3,(H,16,18). The van der Waals surface area contributed by atoms with Gasteiger partial charge in [0.1, 0.15) is 5.76 Å². The molecule has 0 bridgehead atoms. The van der Waals surface area contributed by atoms with Crippen molar-refractivity contribution < 1.29 is 9.21 Å². The third kappa shape index (κ3) is 4.43. The number of hydrogen-bond donors (Lipinski definition) is 1. The Hall–Kier alpha value is -2.36. The van der Waals surface area contributed by atoms with Gasteiger partial charge in [0.2, 0.25) is 5.91 Å². The van der Waals surface area contributed by atoms with Crippen LogP contribution < -0.4 is 5.43 Å². The van der Waals surface area contributed by atoms with E-state index in [4.69, 9.17) is 4.42 Å². The monoisotopic (exact) mass is 256 g/mol. The lowest BCUT2D eigenvalue weighted by atomic mass is 10.1. The van der Waals surface area contributed by atoms with Crippen LogP contribution >= 0.6 is 0 Å². The molecule has 98 valence electrons. The van der Waals surface area contributed by atoms with E-state index in [2.05, 4.69) is 10.5 Å². The second-order valence-electron chi connectivity index (χ2n) is 4.26. The molecule has 19 heavy (non-hydrogen) atoms. The van der Waals surface area contributed by atoms with Gasteiger partial charge in [-0.25, -0.2) is 5.43 Å². The summed E-state index contributed by atoms with van der Waals surface area (Å²) in [7, 11) is 0. The van der Waals surface area contributed by atoms with E-state index in [-0.39, 0.29) is 5.91 Å². The molecule has 1 heterocycles. The molecule has 0 aliphatic heterocycles. The molecular formula is C15H16N2O2. The lowest BCUT2D eigenvalue weighted by Crippen LogP contribution is -2.18. The molecular weight excluding hydrogens is 240 g/mol. The molecule has 4 nitrogen and oxygen atoms in total. The Bertz CT molecular complexity index is 545. The molecule has 4 heteroatoms. The normalized spacial score (nSPS) is 11.3. The van der Waals surface area contributed by atoms with Crippen LogP contribution in [0.4, 0.5) is 0 Å². The molecule has 2 aromatic rings. The van der Waals surface area contributed by atoms with Gasteiger partial charge in [-0.1, -0.05) is 30.3 Å². The molecule has 1 aromatic heterocycles. The van der Waals surface area contributed by atoms with E-state index in [0.717, 1.165) is 17.0 Å². The molecule has 0 atom stereocenters. The predicted molar refractivity (Wildman–Crippen MR) is 73.8 cm³/mol. The van der Waals surface area contributed by atoms with Crippen molar-refractivity contribution in [1.29, 1.82) is 0 Å². The predicted octanol–water partition coefficient (Wildman–Crippen LogP) is 2.56. The number of rotatable bonds is 5. The minimum Gasteiger partial charge on any atom is -0.469 e. The molecule has 0 saturated carbocycles. The van der Waals surface area contributed by atoms with Crippen LogP contribution in [0.1, 0.15) is 18.2 Å². The number of benzene rings is 1. The summed E-state index contributed by atoms with van der Waals surface area (Å²) in [6, 6.07) is 13.7. The van der Waals surface area contributed by atoms with Gasteiger partial charge in [0.05, 0.1) is 12.0 Å². The van der Waals surface area contributed by atoms with Crippen molar-refractivity contribution in [2.45, 2.75) is 19.8 Å². The highest BCUT2D eigenvalue weighted by molar-refractivity contribution is 5.89. The first-order chi connectivity index (χ1) is 9.24. The first kappa shape index (κ1) is 13.1. The fourth-order valence-electron chi connectivity index (χ4n) is 1.75. The second kappa shape index (κ2) is 6.54. The third-order valence-electron chi connectivity index (χ3n) is 2.58. The van der Waals surface area contributed by atoms with E-state index in [1.54, 1.807) is 6.26 Å². The summed E-state index contributed by atoms with van der Waals surface area (Å²) in [5.74, 6) is 0.657. The Kier molecular flexibility index (Phi) is 4.50. The van der Waals surface area contributed by atoms with Crippen molar-refractivity contribution >= 4 is 11.6 Å². The van der Waals surface area contributed by atoms with Gasteiger partial charge in [0, 0.05) is 19.8 Å². The lowest BCUT2D eigenvalue weighted by Gasteiger charge is -2.05. The zero-order valence-electron chi connectivity index (χ0n) is 10.8. The maximum atomic E-state index is 11.0. The number of hydrazone groups is 1. The van der Waals surface area contributed by atoms with Crippen LogP contribution in [0.25, 0.3) is 0 Å². The quantitative estimate of drug-likeness (QED) is 0.660. The number of nitrogens with one attached hydrogen (secondary N) is 1. The van der Waals surface area contributed by atoms with Gasteiger partial charge in [-0.05, 0) is 17.7 Å². The van der Waals surface area contributed by atoms with Crippen LogP contribution in [0, 0.1) is 0 Å². The Balaban J connectivity index is 2.10. The third-order valence-corrected chi connectivity index (χ3v) is 2.58. The fourth-order valence-corrected chi connectivity index (χ4v) is 1.75. The molecule has 0 unspecified atom stereocenters. The zero-order chi connectivity index (χ0) is 13.5. The second-order valence-corrected chi connectivity index (χ2v) is 4.26. The fraction of sp³-hybridized carbons (Fsp3) is 0.200. The molecule has 0 radical (unpaired) electrons. The Morgan fingerprint density at radius 2 is 1.95 bits per heavy atom. The highest BCUT2D eigenvalue weighted by Gasteiger charge is 2.06. The Morgan fingerprint density at radius 1 is 1.16 bits per heavy atom. The highest BCUT2D eigenvalue weighted by Crippen LogP contribution is 2.07. The average Bonchev–Trinajstić information content (AvgIpc) is 2.90. The van der Waals surface area contributed by atoms with Gasteiger partial charge in [0.15, 0.2) is 0 Å². The van der Waals surface area contributed by atoms with E-state index in [9.17, 15) is 4.79 Å². The number of nitrogens with zero attached hydrogens (tertiary/aromatic N) is 1. The molecule has 0 aliphatic carbocycles. The smallest absolute Gasteiger partial charge is 0.236 e. The van der Waals surface area contributed by atoms with Crippen LogP contribution in [0.2, 0.25) is 0 Å². The van der Waals surface area contributed by atoms with E-state index in [0.29, 0.717) is 12.8 Å². The summed E-state index contributed by atoms with van der Waals surface area (Å²) in [4.78, 5) is 11.0. The summed E-state index contributed by atoms with van der Waals surface area (Å²) in [6.07, 6.45) is 2.90. The van der Waals surface area contributed by atoms with Crippen molar-refractivity contribution in [3.63, 3.8) is 0 Å². The first-order valence-corrected chi connectivity index (χ1v) is 6.12. The number of hydrogen-bond acceptors (Lipinski definition) is 3. The topological polar surface area (TPSA) is 54.6 Å². The van der Waals surface area contributed by atoms with Crippen LogP contribution in [0.5, 0.6) is 0 Å². The van der Waals surface area contributed by atoms with Crippen molar-refractivity contribution in [2.75, 3.05) is 0 Å². The minimum absolute atomic E-state index is 0.176. The van der Waals surface area contributed by atoms with Gasteiger partial charge < -0.3 is 4.42 Å². The van der Waals surface area contributed by atoms with Gasteiger partial charge in [-0.15, -0.1) is 0 Å². The van der Waals surface area contributed by atoms with Crippen LogP contribution in [-0.2, 0) is 17.6 Å². The summed E-state index contributed by atoms with van der Waals surface area (Å²) >= 11 is 0. The number of carbonyl (C=O) groups is 1. The number of carbonyl (C=O) groups excluding carboxylic acids is 1. The van der Waals surface area contributed by atoms with Crippen LogP contribution in [-0.4, -0.2) is 11.6 Å². The van der Waals surface area contributed by atoms with Gasteiger partial charge in [-0.2, -0.15) is 5.10 Å². The molecule has 1 aromatic carbocycles. The average molecular weight is 256 g/mol. The van der Waals surface area contributed by atoms with Crippen LogP contribution in [0.15, 0.2) is 58.2 Å². The summed E-state index contributed by atoms with van der Waals surface area (Å²) in [5.41, 5.74) is 4.49. The van der Waals surface area contributed by atoms with Crippen LogP contribution in [0.3, 0.4) is 0 Å². The first-order valence-electron chi connectivity index (χ1n) is 6.12. The molecule has 1 N–H and O–H groups in total. The van der Waals surface area contributed by atoms with Gasteiger partial charge in [0.25, 0.3) is 0 Å². The molecule has 0 aliphatic rings. The largest absolute Gasteiger partial charge is 0.469 e. The summed E-state index contributed by atoms with van der Waals surface area (Å²) in [5, 5.41) is 4.15. The van der Waals surface area contributed by atoms with E-state index >= 15 is 0 Å². The van der Waals surface area contributed by atoms with Gasteiger partial charge >= 0.3 is 0 Å². The van der Waals surface area contributed by atoms with Gasteiger partial charge in [-0.3, -0.25) is 4.79 Å². The van der Waals surface area contributed by atoms with E-state index in [1.807, 2.05) is 42.5 Å². The minimum atomic E-state index is -0.176. The lowest BCUT2D eigenvalue weighted by molar-refractivity contribution is -0.118. The highest BCUT2D eigenvalue weighted by atomic mass is 16.3. The van der Waals surface area contributed by atoms with Crippen molar-refractivity contribution in [3.05, 3.63) is 60.1 Å². The summed E-state index contributed by atoms with van der Waals surface area (Å²) < 4.78 is 5.31. The maximum Gasteiger partial charge on any atom is 0.236 e. The van der Waals surface area contributed by atoms with E-state index in [1.165, 1.54) is 6.92 Å². The molecule has 0 saturated heterocycles. The zero-order valence-corrected chi connectivity index (χ0v) is 10.8. The SMILES string of the molecule is CC(=O)NN=C(Cc1ccccc1)Cc1ccco1. The molecule has 1 amide bonds. The number of furan rings is 1. The Morgan fingerprint density at radius 3 is 2.58 bits per heavy atom. The van der Waals surface area contributed by atoms with Crippen molar-refractivity contribution in [2.24, 2.45) is 5.10 Å². The molecule has 2 rings (SSSR count).